The van der Waals surface area contributed by atoms with Crippen LogP contribution in [0.4, 0.5) is 11.5 Å². The van der Waals surface area contributed by atoms with Crippen molar-refractivity contribution in [1.29, 1.82) is 0 Å². The highest BCUT2D eigenvalue weighted by molar-refractivity contribution is 5.53. The molecule has 0 radical (unpaired) electrons. The van der Waals surface area contributed by atoms with Gasteiger partial charge in [-0.3, -0.25) is 0 Å². The smallest absolute Gasteiger partial charge is 0.127 e. The molecule has 0 atom stereocenters. The van der Waals surface area contributed by atoms with E-state index in [4.69, 9.17) is 5.73 Å². The lowest BCUT2D eigenvalue weighted by molar-refractivity contribution is 0.142. The molecule has 2 rings (SSSR count). The second-order valence-electron chi connectivity index (χ2n) is 5.14. The van der Waals surface area contributed by atoms with Crippen LogP contribution in [0.25, 0.3) is 0 Å². The number of aliphatic hydroxyl groups is 1. The van der Waals surface area contributed by atoms with Crippen molar-refractivity contribution in [2.24, 2.45) is 5.41 Å². The molecule has 0 spiro atoms. The van der Waals surface area contributed by atoms with Gasteiger partial charge in [-0.25, -0.2) is 4.98 Å². The van der Waals surface area contributed by atoms with Crippen molar-refractivity contribution >= 4 is 11.5 Å². The summed E-state index contributed by atoms with van der Waals surface area (Å²) < 4.78 is 0. The summed E-state index contributed by atoms with van der Waals surface area (Å²) >= 11 is 0. The Morgan fingerprint density at radius 2 is 2.18 bits per heavy atom. The fraction of sp³-hybridized carbons (Fsp3) is 0.615. The van der Waals surface area contributed by atoms with Crippen molar-refractivity contribution in [3.05, 3.63) is 17.8 Å². The molecule has 0 amide bonds. The molecule has 1 aliphatic carbocycles. The Morgan fingerprint density at radius 1 is 1.47 bits per heavy atom. The van der Waals surface area contributed by atoms with Crippen molar-refractivity contribution in [1.82, 2.24) is 4.98 Å². The summed E-state index contributed by atoms with van der Waals surface area (Å²) in [6.07, 6.45) is 6.39. The Kier molecular flexibility index (Phi) is 3.52. The number of nitrogens with zero attached hydrogens (tertiary/aromatic N) is 1. The summed E-state index contributed by atoms with van der Waals surface area (Å²) in [5, 5.41) is 12.8. The molecule has 0 saturated heterocycles. The first kappa shape index (κ1) is 12.2. The molecule has 1 saturated carbocycles. The summed E-state index contributed by atoms with van der Waals surface area (Å²) in [5.74, 6) is 0.799. The minimum Gasteiger partial charge on any atom is -0.398 e. The van der Waals surface area contributed by atoms with E-state index in [9.17, 15) is 5.11 Å². The van der Waals surface area contributed by atoms with Crippen LogP contribution in [-0.2, 0) is 0 Å². The summed E-state index contributed by atoms with van der Waals surface area (Å²) in [5.41, 5.74) is 7.63. The number of hydrogen-bond acceptors (Lipinski definition) is 4. The molecule has 94 valence electrons. The number of nitrogens with one attached hydrogen (secondary N) is 1. The monoisotopic (exact) mass is 235 g/mol. The van der Waals surface area contributed by atoms with Gasteiger partial charge in [0.05, 0.1) is 6.61 Å². The average Bonchev–Trinajstić information content (AvgIpc) is 2.80. The summed E-state index contributed by atoms with van der Waals surface area (Å²) in [6, 6.07) is 1.86. The Balaban J connectivity index is 1.99. The minimum atomic E-state index is 0.0430. The highest BCUT2D eigenvalue weighted by Gasteiger charge is 2.32. The first-order valence-corrected chi connectivity index (χ1v) is 6.22. The predicted octanol–water partition coefficient (Wildman–Crippen LogP) is 1.94. The van der Waals surface area contributed by atoms with Gasteiger partial charge in [-0.1, -0.05) is 12.8 Å². The van der Waals surface area contributed by atoms with Gasteiger partial charge in [0.25, 0.3) is 0 Å². The van der Waals surface area contributed by atoms with Crippen LogP contribution in [0.15, 0.2) is 12.3 Å². The summed E-state index contributed by atoms with van der Waals surface area (Å²) in [6.45, 7) is 2.97. The Labute approximate surface area is 102 Å². The van der Waals surface area contributed by atoms with Crippen LogP contribution in [0.2, 0.25) is 0 Å². The van der Waals surface area contributed by atoms with Gasteiger partial charge in [-0.15, -0.1) is 0 Å². The van der Waals surface area contributed by atoms with Gasteiger partial charge in [-0.05, 0) is 25.3 Å². The number of anilines is 2. The number of aromatic nitrogens is 1. The van der Waals surface area contributed by atoms with E-state index in [1.807, 2.05) is 13.0 Å². The van der Waals surface area contributed by atoms with Crippen molar-refractivity contribution in [2.75, 3.05) is 24.2 Å². The van der Waals surface area contributed by atoms with Crippen molar-refractivity contribution in [3.63, 3.8) is 0 Å². The fourth-order valence-corrected chi connectivity index (χ4v) is 2.43. The zero-order valence-corrected chi connectivity index (χ0v) is 10.4. The SMILES string of the molecule is Cc1cnc(NCC2(CO)CCCC2)cc1N. The van der Waals surface area contributed by atoms with Crippen LogP contribution in [0.5, 0.6) is 0 Å². The van der Waals surface area contributed by atoms with Gasteiger partial charge >= 0.3 is 0 Å². The van der Waals surface area contributed by atoms with E-state index in [1.165, 1.54) is 12.8 Å². The Hall–Kier alpha value is -1.29. The molecule has 1 aliphatic rings. The predicted molar refractivity (Wildman–Crippen MR) is 69.9 cm³/mol. The fourth-order valence-electron chi connectivity index (χ4n) is 2.43. The molecule has 4 nitrogen and oxygen atoms in total. The lowest BCUT2D eigenvalue weighted by Gasteiger charge is -2.26. The number of pyridine rings is 1. The molecule has 4 N–H and O–H groups in total. The molecule has 0 aromatic carbocycles. The van der Waals surface area contributed by atoms with Crippen LogP contribution in [0.3, 0.4) is 0 Å². The topological polar surface area (TPSA) is 71.2 Å². The number of nitrogens with two attached hydrogens (primary N) is 1. The summed E-state index contributed by atoms with van der Waals surface area (Å²) in [7, 11) is 0. The molecule has 1 heterocycles. The lowest BCUT2D eigenvalue weighted by atomic mass is 9.87. The number of nitrogen functional groups attached to an aromatic ring is 1. The number of aryl methyl sites for hydroxylation is 1. The highest BCUT2D eigenvalue weighted by atomic mass is 16.3. The van der Waals surface area contributed by atoms with Gasteiger partial charge in [0.2, 0.25) is 0 Å². The van der Waals surface area contributed by atoms with Gasteiger partial charge in [0, 0.05) is 29.9 Å². The molecule has 1 aromatic rings. The third-order valence-electron chi connectivity index (χ3n) is 3.79. The highest BCUT2D eigenvalue weighted by Crippen LogP contribution is 2.37. The van der Waals surface area contributed by atoms with E-state index in [2.05, 4.69) is 10.3 Å². The van der Waals surface area contributed by atoms with Crippen LogP contribution in [0, 0.1) is 12.3 Å². The molecule has 0 bridgehead atoms. The first-order chi connectivity index (χ1) is 8.15. The molecule has 4 heteroatoms. The third-order valence-corrected chi connectivity index (χ3v) is 3.79. The normalized spacial score (nSPS) is 18.2. The van der Waals surface area contributed by atoms with E-state index < -0.39 is 0 Å². The maximum Gasteiger partial charge on any atom is 0.127 e. The Morgan fingerprint density at radius 3 is 2.76 bits per heavy atom. The van der Waals surface area contributed by atoms with Crippen molar-refractivity contribution in [2.45, 2.75) is 32.6 Å². The Bertz CT molecular complexity index is 386. The maximum absolute atomic E-state index is 9.51. The summed E-state index contributed by atoms with van der Waals surface area (Å²) in [4.78, 5) is 4.29. The molecule has 17 heavy (non-hydrogen) atoms. The van der Waals surface area contributed by atoms with Gasteiger partial charge in [0.15, 0.2) is 0 Å². The van der Waals surface area contributed by atoms with Crippen LogP contribution < -0.4 is 11.1 Å². The van der Waals surface area contributed by atoms with E-state index in [-0.39, 0.29) is 12.0 Å². The molecular formula is C13H21N3O. The second-order valence-corrected chi connectivity index (χ2v) is 5.14. The zero-order chi connectivity index (χ0) is 12.3. The van der Waals surface area contributed by atoms with Gasteiger partial charge in [0.1, 0.15) is 5.82 Å². The lowest BCUT2D eigenvalue weighted by Crippen LogP contribution is -2.30. The molecule has 0 aliphatic heterocycles. The molecule has 1 fully saturated rings. The maximum atomic E-state index is 9.51. The largest absolute Gasteiger partial charge is 0.398 e. The van der Waals surface area contributed by atoms with Crippen LogP contribution in [-0.4, -0.2) is 23.2 Å². The van der Waals surface area contributed by atoms with E-state index in [1.54, 1.807) is 6.20 Å². The molecule has 0 unspecified atom stereocenters. The number of hydrogen-bond donors (Lipinski definition) is 3. The molecule has 1 aromatic heterocycles. The minimum absolute atomic E-state index is 0.0430. The van der Waals surface area contributed by atoms with E-state index >= 15 is 0 Å². The number of rotatable bonds is 4. The average molecular weight is 235 g/mol. The van der Waals surface area contributed by atoms with Gasteiger partial charge < -0.3 is 16.2 Å². The zero-order valence-electron chi connectivity index (χ0n) is 10.4. The van der Waals surface area contributed by atoms with Crippen LogP contribution >= 0.6 is 0 Å². The number of aliphatic hydroxyl groups excluding tert-OH is 1. The van der Waals surface area contributed by atoms with Gasteiger partial charge in [-0.2, -0.15) is 0 Å². The van der Waals surface area contributed by atoms with Crippen molar-refractivity contribution in [3.8, 4) is 0 Å². The quantitative estimate of drug-likeness (QED) is 0.746. The van der Waals surface area contributed by atoms with Crippen LogP contribution in [0.1, 0.15) is 31.2 Å². The van der Waals surface area contributed by atoms with Crippen molar-refractivity contribution < 1.29 is 5.11 Å². The first-order valence-electron chi connectivity index (χ1n) is 6.22. The molecular weight excluding hydrogens is 214 g/mol. The second kappa shape index (κ2) is 4.92. The van der Waals surface area contributed by atoms with E-state index in [0.717, 1.165) is 36.5 Å². The third kappa shape index (κ3) is 2.69. The standard InChI is InChI=1S/C13H21N3O/c1-10-7-15-12(6-11(10)14)16-8-13(9-17)4-2-3-5-13/h6-7,17H,2-5,8-9H2,1H3,(H3,14,15,16). The van der Waals surface area contributed by atoms with E-state index in [0.29, 0.717) is 0 Å².